The third kappa shape index (κ3) is 3.67. The fourth-order valence-corrected chi connectivity index (χ4v) is 4.45. The Kier molecular flexibility index (Phi) is 4.97. The minimum atomic E-state index is 0.520. The summed E-state index contributed by atoms with van der Waals surface area (Å²) in [6, 6.07) is 9.05. The molecule has 0 spiro atoms. The third-order valence-corrected chi connectivity index (χ3v) is 5.46. The molecule has 1 fully saturated rings. The zero-order chi connectivity index (χ0) is 14.5. The van der Waals surface area contributed by atoms with Crippen molar-refractivity contribution in [3.8, 4) is 0 Å². The molecule has 0 unspecified atom stereocenters. The van der Waals surface area contributed by atoms with Crippen molar-refractivity contribution in [2.24, 2.45) is 5.41 Å². The molecule has 0 atom stereocenters. The lowest BCUT2D eigenvalue weighted by Crippen LogP contribution is -2.44. The molecule has 1 aliphatic carbocycles. The Morgan fingerprint density at radius 1 is 1.05 bits per heavy atom. The number of aryl methyl sites for hydroxylation is 1. The van der Waals surface area contributed by atoms with Crippen molar-refractivity contribution in [1.29, 1.82) is 0 Å². The summed E-state index contributed by atoms with van der Waals surface area (Å²) < 4.78 is 0. The van der Waals surface area contributed by atoms with E-state index >= 15 is 0 Å². The van der Waals surface area contributed by atoms with E-state index in [2.05, 4.69) is 41.5 Å². The van der Waals surface area contributed by atoms with E-state index in [1.54, 1.807) is 11.1 Å². The second kappa shape index (κ2) is 6.93. The summed E-state index contributed by atoms with van der Waals surface area (Å²) in [6.07, 6.45) is 9.67. The molecule has 2 heteroatoms. The number of nitrogens with one attached hydrogen (secondary N) is 1. The maximum atomic E-state index is 3.48. The van der Waals surface area contributed by atoms with Crippen LogP contribution in [0.1, 0.15) is 49.7 Å². The highest BCUT2D eigenvalue weighted by molar-refractivity contribution is 5.28. The Morgan fingerprint density at radius 3 is 2.57 bits per heavy atom. The third-order valence-electron chi connectivity index (χ3n) is 5.46. The van der Waals surface area contributed by atoms with Gasteiger partial charge in [0.15, 0.2) is 0 Å². The topological polar surface area (TPSA) is 15.3 Å². The summed E-state index contributed by atoms with van der Waals surface area (Å²) >= 11 is 0. The molecule has 1 saturated carbocycles. The van der Waals surface area contributed by atoms with Crippen LogP contribution in [0.5, 0.6) is 0 Å². The Balaban J connectivity index is 1.71. The van der Waals surface area contributed by atoms with Gasteiger partial charge in [-0.05, 0) is 55.8 Å². The summed E-state index contributed by atoms with van der Waals surface area (Å²) in [5.74, 6) is 0. The predicted octanol–water partition coefficient (Wildman–Crippen LogP) is 3.60. The van der Waals surface area contributed by atoms with Gasteiger partial charge in [0.2, 0.25) is 0 Å². The summed E-state index contributed by atoms with van der Waals surface area (Å²) in [5, 5.41) is 3.48. The van der Waals surface area contributed by atoms with Gasteiger partial charge < -0.3 is 5.32 Å². The van der Waals surface area contributed by atoms with Crippen molar-refractivity contribution < 1.29 is 0 Å². The van der Waals surface area contributed by atoms with E-state index in [0.717, 1.165) is 6.54 Å². The molecule has 116 valence electrons. The highest BCUT2D eigenvalue weighted by atomic mass is 15.1. The molecular formula is C19H30N2. The first-order valence-electron chi connectivity index (χ1n) is 8.75. The standard InChI is InChI=1S/C19H30N2/c1-20-15-19(11-5-2-6-12-19)16-21-13-7-10-17-8-3-4-9-18(17)14-21/h3-4,8-9,20H,2,5-7,10-16H2,1H3. The van der Waals surface area contributed by atoms with Gasteiger partial charge in [0.05, 0.1) is 0 Å². The molecule has 21 heavy (non-hydrogen) atoms. The van der Waals surface area contributed by atoms with Crippen LogP contribution in [0.3, 0.4) is 0 Å². The number of nitrogens with zero attached hydrogens (tertiary/aromatic N) is 1. The molecule has 1 heterocycles. The Bertz CT molecular complexity index is 443. The maximum absolute atomic E-state index is 3.48. The largest absolute Gasteiger partial charge is 0.319 e. The van der Waals surface area contributed by atoms with Crippen molar-refractivity contribution in [2.75, 3.05) is 26.7 Å². The van der Waals surface area contributed by atoms with E-state index in [0.29, 0.717) is 5.41 Å². The number of hydrogen-bond donors (Lipinski definition) is 1. The van der Waals surface area contributed by atoms with E-state index in [1.165, 1.54) is 64.6 Å². The number of hydrogen-bond acceptors (Lipinski definition) is 2. The zero-order valence-corrected chi connectivity index (χ0v) is 13.5. The van der Waals surface area contributed by atoms with Gasteiger partial charge >= 0.3 is 0 Å². The van der Waals surface area contributed by atoms with E-state index in [-0.39, 0.29) is 0 Å². The van der Waals surface area contributed by atoms with Crippen molar-refractivity contribution in [3.63, 3.8) is 0 Å². The van der Waals surface area contributed by atoms with Crippen molar-refractivity contribution in [1.82, 2.24) is 10.2 Å². The quantitative estimate of drug-likeness (QED) is 0.909. The molecule has 1 N–H and O–H groups in total. The van der Waals surface area contributed by atoms with Gasteiger partial charge in [-0.25, -0.2) is 0 Å². The van der Waals surface area contributed by atoms with Gasteiger partial charge in [0.25, 0.3) is 0 Å². The van der Waals surface area contributed by atoms with Crippen LogP contribution in [-0.4, -0.2) is 31.6 Å². The van der Waals surface area contributed by atoms with Gasteiger partial charge in [0.1, 0.15) is 0 Å². The van der Waals surface area contributed by atoms with Crippen LogP contribution in [-0.2, 0) is 13.0 Å². The van der Waals surface area contributed by atoms with Gasteiger partial charge in [-0.15, -0.1) is 0 Å². The highest BCUT2D eigenvalue weighted by Gasteiger charge is 2.33. The first kappa shape index (κ1) is 15.1. The first-order chi connectivity index (χ1) is 10.3. The van der Waals surface area contributed by atoms with Crippen molar-refractivity contribution >= 4 is 0 Å². The van der Waals surface area contributed by atoms with Crippen molar-refractivity contribution in [2.45, 2.75) is 51.5 Å². The minimum Gasteiger partial charge on any atom is -0.319 e. The lowest BCUT2D eigenvalue weighted by atomic mass is 9.73. The van der Waals surface area contributed by atoms with E-state index < -0.39 is 0 Å². The molecule has 0 radical (unpaired) electrons. The molecule has 2 nitrogen and oxygen atoms in total. The van der Waals surface area contributed by atoms with E-state index in [1.807, 2.05) is 0 Å². The normalized spacial score (nSPS) is 22.5. The zero-order valence-electron chi connectivity index (χ0n) is 13.5. The van der Waals surface area contributed by atoms with Crippen LogP contribution in [0.15, 0.2) is 24.3 Å². The van der Waals surface area contributed by atoms with Crippen LogP contribution >= 0.6 is 0 Å². The van der Waals surface area contributed by atoms with Crippen LogP contribution in [0.25, 0.3) is 0 Å². The number of fused-ring (bicyclic) bond motifs is 1. The van der Waals surface area contributed by atoms with Crippen LogP contribution in [0, 0.1) is 5.41 Å². The second-order valence-corrected chi connectivity index (χ2v) is 7.17. The van der Waals surface area contributed by atoms with Gasteiger partial charge in [-0.1, -0.05) is 43.5 Å². The summed E-state index contributed by atoms with van der Waals surface area (Å²) in [6.45, 7) is 4.88. The molecule has 0 bridgehead atoms. The molecule has 1 aromatic carbocycles. The molecule has 1 aliphatic heterocycles. The molecule has 0 aromatic heterocycles. The first-order valence-corrected chi connectivity index (χ1v) is 8.75. The summed E-state index contributed by atoms with van der Waals surface area (Å²) in [5.41, 5.74) is 3.66. The molecular weight excluding hydrogens is 256 g/mol. The van der Waals surface area contributed by atoms with Crippen LogP contribution in [0.4, 0.5) is 0 Å². The average molecular weight is 286 g/mol. The lowest BCUT2D eigenvalue weighted by molar-refractivity contribution is 0.100. The lowest BCUT2D eigenvalue weighted by Gasteiger charge is -2.41. The monoisotopic (exact) mass is 286 g/mol. The molecule has 1 aromatic rings. The molecule has 0 amide bonds. The van der Waals surface area contributed by atoms with E-state index in [9.17, 15) is 0 Å². The average Bonchev–Trinajstić information content (AvgIpc) is 2.70. The van der Waals surface area contributed by atoms with Gasteiger partial charge in [-0.3, -0.25) is 4.90 Å². The number of benzene rings is 1. The van der Waals surface area contributed by atoms with Crippen molar-refractivity contribution in [3.05, 3.63) is 35.4 Å². The second-order valence-electron chi connectivity index (χ2n) is 7.17. The van der Waals surface area contributed by atoms with Crippen LogP contribution < -0.4 is 5.32 Å². The Morgan fingerprint density at radius 2 is 1.81 bits per heavy atom. The van der Waals surface area contributed by atoms with Gasteiger partial charge in [-0.2, -0.15) is 0 Å². The summed E-state index contributed by atoms with van der Waals surface area (Å²) in [4.78, 5) is 2.73. The molecule has 2 aliphatic rings. The summed E-state index contributed by atoms with van der Waals surface area (Å²) in [7, 11) is 2.12. The fourth-order valence-electron chi connectivity index (χ4n) is 4.45. The Hall–Kier alpha value is -0.860. The molecule has 0 saturated heterocycles. The highest BCUT2D eigenvalue weighted by Crippen LogP contribution is 2.37. The SMILES string of the molecule is CNCC1(CN2CCCc3ccccc3C2)CCCCC1. The van der Waals surface area contributed by atoms with Crippen LogP contribution in [0.2, 0.25) is 0 Å². The predicted molar refractivity (Wildman–Crippen MR) is 89.5 cm³/mol. The minimum absolute atomic E-state index is 0.520. The Labute approximate surface area is 129 Å². The molecule has 3 rings (SSSR count). The number of rotatable bonds is 4. The van der Waals surface area contributed by atoms with E-state index in [4.69, 9.17) is 0 Å². The van der Waals surface area contributed by atoms with Gasteiger partial charge in [0, 0.05) is 19.6 Å². The maximum Gasteiger partial charge on any atom is 0.0236 e. The smallest absolute Gasteiger partial charge is 0.0236 e. The fraction of sp³-hybridized carbons (Fsp3) is 0.684.